The highest BCUT2D eigenvalue weighted by Crippen LogP contribution is 2.33. The molecule has 1 amide bonds. The Bertz CT molecular complexity index is 630. The zero-order valence-electron chi connectivity index (χ0n) is 15.2. The van der Waals surface area contributed by atoms with Crippen molar-refractivity contribution in [3.05, 3.63) is 23.8 Å². The van der Waals surface area contributed by atoms with E-state index in [-0.39, 0.29) is 12.5 Å². The minimum Gasteiger partial charge on any atom is -0.490 e. The maximum absolute atomic E-state index is 12.7. The number of hydrogen-bond acceptors (Lipinski definition) is 4. The van der Waals surface area contributed by atoms with Gasteiger partial charge in [0, 0.05) is 18.7 Å². The number of benzene rings is 1. The van der Waals surface area contributed by atoms with Gasteiger partial charge in [0.15, 0.2) is 11.5 Å². The zero-order valence-corrected chi connectivity index (χ0v) is 15.2. The van der Waals surface area contributed by atoms with Crippen LogP contribution in [0.1, 0.15) is 50.4 Å². The highest BCUT2D eigenvalue weighted by molar-refractivity contribution is 5.95. The van der Waals surface area contributed by atoms with Crippen LogP contribution in [-0.2, 0) is 4.79 Å². The van der Waals surface area contributed by atoms with Crippen molar-refractivity contribution in [1.82, 2.24) is 4.90 Å². The van der Waals surface area contributed by atoms with Crippen molar-refractivity contribution in [3.63, 3.8) is 0 Å². The number of carbonyl (C=O) groups is 2. The number of aliphatic carboxylic acids is 1. The first-order chi connectivity index (χ1) is 11.9. The predicted molar refractivity (Wildman–Crippen MR) is 94.3 cm³/mol. The average molecular weight is 349 g/mol. The highest BCUT2D eigenvalue weighted by Gasteiger charge is 2.42. The standard InChI is InChI=1S/C19H27NO5/c1-4-10-24-15-7-6-14(12-16(15)25-11-5-2)17(21)20-9-8-19(3,13-20)18(22)23/h6-7,12H,4-5,8-11,13H2,1-3H3,(H,22,23). The summed E-state index contributed by atoms with van der Waals surface area (Å²) in [6.45, 7) is 7.51. The van der Waals surface area contributed by atoms with Gasteiger partial charge in [0.25, 0.3) is 5.91 Å². The second-order valence-electron chi connectivity index (χ2n) is 6.70. The fraction of sp³-hybridized carbons (Fsp3) is 0.579. The van der Waals surface area contributed by atoms with Crippen molar-refractivity contribution in [1.29, 1.82) is 0 Å². The smallest absolute Gasteiger partial charge is 0.311 e. The maximum atomic E-state index is 12.7. The van der Waals surface area contributed by atoms with Crippen molar-refractivity contribution >= 4 is 11.9 Å². The zero-order chi connectivity index (χ0) is 18.4. The molecule has 0 radical (unpaired) electrons. The quantitative estimate of drug-likeness (QED) is 0.780. The molecule has 1 heterocycles. The summed E-state index contributed by atoms with van der Waals surface area (Å²) in [6.07, 6.45) is 2.20. The van der Waals surface area contributed by atoms with Gasteiger partial charge < -0.3 is 19.5 Å². The van der Waals surface area contributed by atoms with Gasteiger partial charge in [0.1, 0.15) is 0 Å². The summed E-state index contributed by atoms with van der Waals surface area (Å²) >= 11 is 0. The van der Waals surface area contributed by atoms with E-state index in [9.17, 15) is 14.7 Å². The third-order valence-electron chi connectivity index (χ3n) is 4.39. The Kier molecular flexibility index (Phi) is 6.28. The molecule has 1 aromatic rings. The van der Waals surface area contributed by atoms with Gasteiger partial charge in [0.05, 0.1) is 18.6 Å². The Hall–Kier alpha value is -2.24. The Balaban J connectivity index is 2.18. The molecule has 1 aliphatic heterocycles. The fourth-order valence-corrected chi connectivity index (χ4v) is 2.79. The van der Waals surface area contributed by atoms with E-state index in [0.29, 0.717) is 43.2 Å². The van der Waals surface area contributed by atoms with Gasteiger partial charge in [-0.2, -0.15) is 0 Å². The first-order valence-electron chi connectivity index (χ1n) is 8.83. The number of nitrogens with zero attached hydrogens (tertiary/aromatic N) is 1. The second kappa shape index (κ2) is 8.23. The molecule has 0 aliphatic carbocycles. The molecule has 1 atom stereocenters. The molecule has 0 aromatic heterocycles. The van der Waals surface area contributed by atoms with Crippen molar-refractivity contribution in [3.8, 4) is 11.5 Å². The summed E-state index contributed by atoms with van der Waals surface area (Å²) in [6, 6.07) is 5.16. The molecule has 1 fully saturated rings. The van der Waals surface area contributed by atoms with E-state index >= 15 is 0 Å². The average Bonchev–Trinajstić information content (AvgIpc) is 3.01. The van der Waals surface area contributed by atoms with Crippen LogP contribution in [0.3, 0.4) is 0 Å². The highest BCUT2D eigenvalue weighted by atomic mass is 16.5. The fourth-order valence-electron chi connectivity index (χ4n) is 2.79. The van der Waals surface area contributed by atoms with Crippen LogP contribution in [0, 0.1) is 5.41 Å². The normalized spacial score (nSPS) is 19.7. The van der Waals surface area contributed by atoms with E-state index in [1.54, 1.807) is 30.0 Å². The molecule has 6 heteroatoms. The molecule has 0 saturated carbocycles. The lowest BCUT2D eigenvalue weighted by Crippen LogP contribution is -2.34. The number of rotatable bonds is 8. The van der Waals surface area contributed by atoms with E-state index in [1.165, 1.54) is 0 Å². The Labute approximate surface area is 148 Å². The lowest BCUT2D eigenvalue weighted by Gasteiger charge is -2.21. The third-order valence-corrected chi connectivity index (χ3v) is 4.39. The summed E-state index contributed by atoms with van der Waals surface area (Å²) in [5, 5.41) is 9.33. The van der Waals surface area contributed by atoms with Crippen LogP contribution in [0.4, 0.5) is 0 Å². The van der Waals surface area contributed by atoms with Crippen LogP contribution in [0.2, 0.25) is 0 Å². The number of carboxylic acid groups (broad SMARTS) is 1. The van der Waals surface area contributed by atoms with Crippen molar-refractivity contribution in [2.75, 3.05) is 26.3 Å². The molecule has 1 aromatic carbocycles. The van der Waals surface area contributed by atoms with Crippen molar-refractivity contribution in [2.45, 2.75) is 40.0 Å². The monoisotopic (exact) mass is 349 g/mol. The molecule has 0 bridgehead atoms. The molecule has 1 aliphatic rings. The van der Waals surface area contributed by atoms with Gasteiger partial charge in [0.2, 0.25) is 0 Å². The maximum Gasteiger partial charge on any atom is 0.311 e. The summed E-state index contributed by atoms with van der Waals surface area (Å²) in [5.74, 6) is 0.149. The minimum atomic E-state index is -0.874. The number of likely N-dealkylation sites (tertiary alicyclic amines) is 1. The number of ether oxygens (including phenoxy) is 2. The first-order valence-corrected chi connectivity index (χ1v) is 8.83. The van der Waals surface area contributed by atoms with Gasteiger partial charge >= 0.3 is 5.97 Å². The topological polar surface area (TPSA) is 76.1 Å². The van der Waals surface area contributed by atoms with Gasteiger partial charge in [-0.05, 0) is 44.4 Å². The summed E-state index contributed by atoms with van der Waals surface area (Å²) in [4.78, 5) is 25.7. The van der Waals surface area contributed by atoms with E-state index in [1.807, 2.05) is 13.8 Å². The molecule has 0 spiro atoms. The molecule has 6 nitrogen and oxygen atoms in total. The van der Waals surface area contributed by atoms with Crippen molar-refractivity contribution < 1.29 is 24.2 Å². The number of carbonyl (C=O) groups excluding carboxylic acids is 1. The number of hydrogen-bond donors (Lipinski definition) is 1. The molecule has 1 unspecified atom stereocenters. The van der Waals surface area contributed by atoms with Gasteiger partial charge in [-0.1, -0.05) is 13.8 Å². The summed E-state index contributed by atoms with van der Waals surface area (Å²) in [5.41, 5.74) is -0.383. The van der Waals surface area contributed by atoms with E-state index in [2.05, 4.69) is 0 Å². The van der Waals surface area contributed by atoms with Crippen molar-refractivity contribution in [2.24, 2.45) is 5.41 Å². The summed E-state index contributed by atoms with van der Waals surface area (Å²) in [7, 11) is 0. The molecule has 25 heavy (non-hydrogen) atoms. The van der Waals surface area contributed by atoms with Crippen LogP contribution in [0.25, 0.3) is 0 Å². The molecular weight excluding hydrogens is 322 g/mol. The Morgan fingerprint density at radius 1 is 1.16 bits per heavy atom. The molecule has 1 saturated heterocycles. The van der Waals surface area contributed by atoms with Crippen LogP contribution in [-0.4, -0.2) is 48.2 Å². The van der Waals surface area contributed by atoms with E-state index < -0.39 is 11.4 Å². The van der Waals surface area contributed by atoms with Crippen LogP contribution in [0.15, 0.2) is 18.2 Å². The summed E-state index contributed by atoms with van der Waals surface area (Å²) < 4.78 is 11.4. The molecule has 1 N–H and O–H groups in total. The number of amides is 1. The minimum absolute atomic E-state index is 0.173. The van der Waals surface area contributed by atoms with Crippen LogP contribution >= 0.6 is 0 Å². The predicted octanol–water partition coefficient (Wildman–Crippen LogP) is 3.20. The Morgan fingerprint density at radius 3 is 2.36 bits per heavy atom. The van der Waals surface area contributed by atoms with Gasteiger partial charge in [-0.15, -0.1) is 0 Å². The van der Waals surface area contributed by atoms with Gasteiger partial charge in [-0.25, -0.2) is 0 Å². The number of carboxylic acids is 1. The van der Waals surface area contributed by atoms with Crippen LogP contribution in [0.5, 0.6) is 11.5 Å². The van der Waals surface area contributed by atoms with Crippen LogP contribution < -0.4 is 9.47 Å². The molecular formula is C19H27NO5. The molecule has 138 valence electrons. The van der Waals surface area contributed by atoms with Gasteiger partial charge in [-0.3, -0.25) is 9.59 Å². The largest absolute Gasteiger partial charge is 0.490 e. The lowest BCUT2D eigenvalue weighted by molar-refractivity contribution is -0.147. The second-order valence-corrected chi connectivity index (χ2v) is 6.70. The van der Waals surface area contributed by atoms with E-state index in [0.717, 1.165) is 12.8 Å². The molecule has 2 rings (SSSR count). The Morgan fingerprint density at radius 2 is 1.80 bits per heavy atom. The third kappa shape index (κ3) is 4.44. The SMILES string of the molecule is CCCOc1ccc(C(=O)N2CCC(C)(C(=O)O)C2)cc1OCCC. The van der Waals surface area contributed by atoms with E-state index in [4.69, 9.17) is 9.47 Å². The lowest BCUT2D eigenvalue weighted by atomic mass is 9.90. The first kappa shape index (κ1) is 19.1.